The highest BCUT2D eigenvalue weighted by Gasteiger charge is 2.28. The maximum Gasteiger partial charge on any atom is 0.344 e. The number of benzene rings is 1. The standard InChI is InChI=1S/C17H22F2O6/c1-5-17(2,3)16(21)25-11-6-7-12(13(8-11)22-4)23-10-15(20)24-9-14(18)19/h6-8,14H,5,9-10H2,1-4H3. The van der Waals surface area contributed by atoms with E-state index in [-0.39, 0.29) is 23.2 Å². The number of halogens is 2. The third kappa shape index (κ3) is 6.56. The molecule has 140 valence electrons. The average Bonchev–Trinajstić information content (AvgIpc) is 2.58. The number of rotatable bonds is 9. The Balaban J connectivity index is 2.72. The van der Waals surface area contributed by atoms with Crippen LogP contribution in [0.3, 0.4) is 0 Å². The first kappa shape index (κ1) is 20.7. The predicted molar refractivity (Wildman–Crippen MR) is 85.2 cm³/mol. The molecule has 6 nitrogen and oxygen atoms in total. The van der Waals surface area contributed by atoms with Crippen molar-refractivity contribution < 1.29 is 37.3 Å². The first-order valence-electron chi connectivity index (χ1n) is 7.66. The molecule has 0 amide bonds. The molecule has 0 N–H and O–H groups in total. The van der Waals surface area contributed by atoms with Crippen molar-refractivity contribution in [2.45, 2.75) is 33.6 Å². The molecule has 0 bridgehead atoms. The van der Waals surface area contributed by atoms with Gasteiger partial charge in [0.2, 0.25) is 0 Å². The van der Waals surface area contributed by atoms with Crippen LogP contribution in [0.25, 0.3) is 0 Å². The first-order chi connectivity index (χ1) is 11.7. The van der Waals surface area contributed by atoms with Crippen LogP contribution in [0.2, 0.25) is 0 Å². The molecule has 8 heteroatoms. The molecule has 0 spiro atoms. The summed E-state index contributed by atoms with van der Waals surface area (Å²) in [7, 11) is 1.37. The maximum atomic E-state index is 12.1. The highest BCUT2D eigenvalue weighted by Crippen LogP contribution is 2.32. The zero-order valence-corrected chi connectivity index (χ0v) is 14.6. The van der Waals surface area contributed by atoms with Gasteiger partial charge in [-0.25, -0.2) is 13.6 Å². The lowest BCUT2D eigenvalue weighted by Gasteiger charge is -2.20. The third-order valence-electron chi connectivity index (χ3n) is 3.50. The van der Waals surface area contributed by atoms with Gasteiger partial charge in [0.25, 0.3) is 6.43 Å². The van der Waals surface area contributed by atoms with Crippen molar-refractivity contribution in [1.29, 1.82) is 0 Å². The molecule has 0 saturated heterocycles. The van der Waals surface area contributed by atoms with Gasteiger partial charge in [-0.2, -0.15) is 0 Å². The second-order valence-corrected chi connectivity index (χ2v) is 5.80. The lowest BCUT2D eigenvalue weighted by atomic mass is 9.91. The van der Waals surface area contributed by atoms with Crippen LogP contribution in [-0.4, -0.2) is 38.7 Å². The van der Waals surface area contributed by atoms with E-state index in [1.165, 1.54) is 25.3 Å². The Hall–Kier alpha value is -2.38. The first-order valence-corrected chi connectivity index (χ1v) is 7.66. The lowest BCUT2D eigenvalue weighted by Crippen LogP contribution is -2.28. The molecule has 0 aliphatic heterocycles. The quantitative estimate of drug-likeness (QED) is 0.497. The summed E-state index contributed by atoms with van der Waals surface area (Å²) in [5, 5.41) is 0. The van der Waals surface area contributed by atoms with Crippen LogP contribution < -0.4 is 14.2 Å². The van der Waals surface area contributed by atoms with Gasteiger partial charge in [0, 0.05) is 6.07 Å². The Morgan fingerprint density at radius 2 is 1.88 bits per heavy atom. The van der Waals surface area contributed by atoms with E-state index in [0.29, 0.717) is 6.42 Å². The summed E-state index contributed by atoms with van der Waals surface area (Å²) in [5.41, 5.74) is -0.628. The second-order valence-electron chi connectivity index (χ2n) is 5.80. The van der Waals surface area contributed by atoms with Crippen LogP contribution in [-0.2, 0) is 14.3 Å². The zero-order chi connectivity index (χ0) is 19.0. The van der Waals surface area contributed by atoms with Gasteiger partial charge in [0.15, 0.2) is 24.7 Å². The molecule has 0 radical (unpaired) electrons. The molecule has 0 aliphatic rings. The van der Waals surface area contributed by atoms with E-state index < -0.39 is 31.0 Å². The zero-order valence-electron chi connectivity index (χ0n) is 14.6. The Bertz CT molecular complexity index is 601. The van der Waals surface area contributed by atoms with Crippen LogP contribution in [0, 0.1) is 5.41 Å². The van der Waals surface area contributed by atoms with Crippen molar-refractivity contribution in [3.63, 3.8) is 0 Å². The van der Waals surface area contributed by atoms with Crippen LogP contribution >= 0.6 is 0 Å². The molecule has 0 aliphatic carbocycles. The molecular formula is C17H22F2O6. The van der Waals surface area contributed by atoms with Gasteiger partial charge in [-0.15, -0.1) is 0 Å². The predicted octanol–water partition coefficient (Wildman–Crippen LogP) is 3.22. The third-order valence-corrected chi connectivity index (χ3v) is 3.50. The van der Waals surface area contributed by atoms with E-state index in [1.807, 2.05) is 6.92 Å². The van der Waals surface area contributed by atoms with E-state index in [4.69, 9.17) is 14.2 Å². The molecule has 1 aromatic carbocycles. The second kappa shape index (κ2) is 9.19. The normalized spacial score (nSPS) is 11.2. The van der Waals surface area contributed by atoms with E-state index in [1.54, 1.807) is 13.8 Å². The molecule has 0 fully saturated rings. The van der Waals surface area contributed by atoms with Crippen molar-refractivity contribution in [2.75, 3.05) is 20.3 Å². The van der Waals surface area contributed by atoms with Gasteiger partial charge in [-0.3, -0.25) is 4.79 Å². The lowest BCUT2D eigenvalue weighted by molar-refractivity contribution is -0.150. The Morgan fingerprint density at radius 3 is 2.44 bits per heavy atom. The fourth-order valence-electron chi connectivity index (χ4n) is 1.55. The summed E-state index contributed by atoms with van der Waals surface area (Å²) >= 11 is 0. The number of carbonyl (C=O) groups excluding carboxylic acids is 2. The molecule has 0 atom stereocenters. The largest absolute Gasteiger partial charge is 0.493 e. The molecule has 0 heterocycles. The summed E-state index contributed by atoms with van der Waals surface area (Å²) in [6.45, 7) is 3.89. The van der Waals surface area contributed by atoms with Gasteiger partial charge in [-0.05, 0) is 32.4 Å². The van der Waals surface area contributed by atoms with Crippen LogP contribution in [0.15, 0.2) is 18.2 Å². The summed E-state index contributed by atoms with van der Waals surface area (Å²) in [4.78, 5) is 23.4. The monoisotopic (exact) mass is 360 g/mol. The maximum absolute atomic E-state index is 12.1. The molecule has 1 rings (SSSR count). The highest BCUT2D eigenvalue weighted by molar-refractivity contribution is 5.78. The van der Waals surface area contributed by atoms with E-state index in [9.17, 15) is 18.4 Å². The smallest absolute Gasteiger partial charge is 0.344 e. The van der Waals surface area contributed by atoms with E-state index in [2.05, 4.69) is 4.74 Å². The molecule has 1 aromatic rings. The Morgan fingerprint density at radius 1 is 1.20 bits per heavy atom. The fourth-order valence-corrected chi connectivity index (χ4v) is 1.55. The van der Waals surface area contributed by atoms with Crippen LogP contribution in [0.5, 0.6) is 17.2 Å². The van der Waals surface area contributed by atoms with Crippen molar-refractivity contribution in [3.05, 3.63) is 18.2 Å². The number of esters is 2. The van der Waals surface area contributed by atoms with Crippen molar-refractivity contribution >= 4 is 11.9 Å². The molecular weight excluding hydrogens is 338 g/mol. The van der Waals surface area contributed by atoms with Crippen LogP contribution in [0.4, 0.5) is 8.78 Å². The van der Waals surface area contributed by atoms with Crippen molar-refractivity contribution in [3.8, 4) is 17.2 Å². The van der Waals surface area contributed by atoms with Crippen molar-refractivity contribution in [2.24, 2.45) is 5.41 Å². The molecule has 0 unspecified atom stereocenters. The highest BCUT2D eigenvalue weighted by atomic mass is 19.3. The number of hydrogen-bond donors (Lipinski definition) is 0. The minimum Gasteiger partial charge on any atom is -0.493 e. The van der Waals surface area contributed by atoms with Crippen LogP contribution in [0.1, 0.15) is 27.2 Å². The average molecular weight is 360 g/mol. The van der Waals surface area contributed by atoms with Gasteiger partial charge in [0.1, 0.15) is 5.75 Å². The summed E-state index contributed by atoms with van der Waals surface area (Å²) in [6, 6.07) is 4.36. The summed E-state index contributed by atoms with van der Waals surface area (Å²) in [6.07, 6.45) is -2.12. The van der Waals surface area contributed by atoms with E-state index in [0.717, 1.165) is 0 Å². The van der Waals surface area contributed by atoms with Gasteiger partial charge in [-0.1, -0.05) is 6.92 Å². The fraction of sp³-hybridized carbons (Fsp3) is 0.529. The number of methoxy groups -OCH3 is 1. The van der Waals surface area contributed by atoms with E-state index >= 15 is 0 Å². The molecule has 0 saturated carbocycles. The number of alkyl halides is 2. The topological polar surface area (TPSA) is 71.1 Å². The number of carbonyl (C=O) groups is 2. The molecule has 25 heavy (non-hydrogen) atoms. The van der Waals surface area contributed by atoms with Gasteiger partial charge in [0.05, 0.1) is 12.5 Å². The minimum absolute atomic E-state index is 0.186. The minimum atomic E-state index is -2.74. The molecule has 0 aromatic heterocycles. The Labute approximate surface area is 145 Å². The Kier molecular flexibility index (Phi) is 7.60. The number of hydrogen-bond acceptors (Lipinski definition) is 6. The van der Waals surface area contributed by atoms with Crippen molar-refractivity contribution in [1.82, 2.24) is 0 Å². The summed E-state index contributed by atoms with van der Waals surface area (Å²) < 4.78 is 43.8. The van der Waals surface area contributed by atoms with Gasteiger partial charge >= 0.3 is 11.9 Å². The summed E-state index contributed by atoms with van der Waals surface area (Å²) in [5.74, 6) is -0.646. The SMILES string of the molecule is CCC(C)(C)C(=O)Oc1ccc(OCC(=O)OCC(F)F)c(OC)c1. The van der Waals surface area contributed by atoms with Gasteiger partial charge < -0.3 is 18.9 Å². The number of ether oxygens (including phenoxy) is 4.